The Morgan fingerprint density at radius 3 is 2.24 bits per heavy atom. The second kappa shape index (κ2) is 9.19. The maximum absolute atomic E-state index is 12.4. The maximum Gasteiger partial charge on any atom is 0.434 e. The first-order chi connectivity index (χ1) is 13.5. The minimum absolute atomic E-state index is 0.0447. The van der Waals surface area contributed by atoms with E-state index in [1.54, 1.807) is 6.08 Å². The van der Waals surface area contributed by atoms with Gasteiger partial charge in [0.15, 0.2) is 0 Å². The largest absolute Gasteiger partial charge is 0.434 e. The monoisotopic (exact) mass is 424 g/mol. The van der Waals surface area contributed by atoms with Crippen molar-refractivity contribution in [2.75, 3.05) is 19.6 Å². The molecule has 0 saturated carbocycles. The van der Waals surface area contributed by atoms with Gasteiger partial charge in [0.1, 0.15) is 0 Å². The highest BCUT2D eigenvalue weighted by atomic mass is 19.4. The Morgan fingerprint density at radius 2 is 1.69 bits per heavy atom. The number of hydrogen-bond acceptors (Lipinski definition) is 3. The smallest absolute Gasteiger partial charge is 0.426 e. The molecule has 0 spiro atoms. The molecule has 2 rings (SSSR count). The zero-order valence-corrected chi connectivity index (χ0v) is 15.0. The molecule has 1 heterocycles. The molecule has 2 amide bonds. The van der Waals surface area contributed by atoms with Crippen molar-refractivity contribution in [2.24, 2.45) is 5.92 Å². The van der Waals surface area contributed by atoms with Gasteiger partial charge in [0, 0.05) is 25.7 Å². The third kappa shape index (κ3) is 6.99. The van der Waals surface area contributed by atoms with E-state index in [2.05, 4.69) is 10.1 Å². The number of rotatable bonds is 6. The summed E-state index contributed by atoms with van der Waals surface area (Å²) in [5.74, 6) is -0.501. The van der Waals surface area contributed by atoms with Crippen molar-refractivity contribution in [1.29, 1.82) is 0 Å². The van der Waals surface area contributed by atoms with Crippen molar-refractivity contribution in [3.05, 3.63) is 42.0 Å². The molecule has 1 fully saturated rings. The number of hydrogen-bond donors (Lipinski definition) is 1. The third-order valence-corrected chi connectivity index (χ3v) is 4.11. The molecule has 1 N–H and O–H groups in total. The zero-order valence-electron chi connectivity index (χ0n) is 15.0. The summed E-state index contributed by atoms with van der Waals surface area (Å²) in [6.45, 7) is 0.160. The molecule has 1 aromatic carbocycles. The number of alkyl halides is 6. The van der Waals surface area contributed by atoms with Crippen molar-refractivity contribution in [3.8, 4) is 0 Å². The molecule has 0 aromatic heterocycles. The predicted octanol–water partition coefficient (Wildman–Crippen LogP) is 3.77. The van der Waals surface area contributed by atoms with E-state index in [1.165, 1.54) is 6.08 Å². The molecular weight excluding hydrogens is 406 g/mol. The Balaban J connectivity index is 1.68. The van der Waals surface area contributed by atoms with Crippen molar-refractivity contribution in [1.82, 2.24) is 10.2 Å². The van der Waals surface area contributed by atoms with Gasteiger partial charge in [0.05, 0.1) is 0 Å². The lowest BCUT2D eigenvalue weighted by Crippen LogP contribution is -2.54. The van der Waals surface area contributed by atoms with Gasteiger partial charge in [-0.2, -0.15) is 26.3 Å². The Morgan fingerprint density at radius 1 is 1.10 bits per heavy atom. The number of amides is 2. The first-order valence-corrected chi connectivity index (χ1v) is 8.57. The summed E-state index contributed by atoms with van der Waals surface area (Å²) in [7, 11) is 0. The van der Waals surface area contributed by atoms with Crippen LogP contribution in [0.4, 0.5) is 31.1 Å². The number of nitrogens with one attached hydrogen (secondary N) is 1. The average molecular weight is 424 g/mol. The Labute approximate surface area is 162 Å². The van der Waals surface area contributed by atoms with E-state index < -0.39 is 24.5 Å². The summed E-state index contributed by atoms with van der Waals surface area (Å²) < 4.78 is 77.9. The SMILES string of the molecule is O=C(C=Cc1ccccc1)NCCC1CN(C(=O)OC(C(F)(F)F)C(F)(F)F)C1. The third-order valence-electron chi connectivity index (χ3n) is 4.11. The molecule has 1 saturated heterocycles. The Kier molecular flexibility index (Phi) is 7.15. The molecule has 0 atom stereocenters. The highest BCUT2D eigenvalue weighted by molar-refractivity contribution is 5.91. The lowest BCUT2D eigenvalue weighted by atomic mass is 9.97. The topological polar surface area (TPSA) is 58.6 Å². The van der Waals surface area contributed by atoms with Crippen LogP contribution in [0.25, 0.3) is 6.08 Å². The van der Waals surface area contributed by atoms with Gasteiger partial charge in [-0.15, -0.1) is 0 Å². The summed E-state index contributed by atoms with van der Waals surface area (Å²) in [4.78, 5) is 23.9. The molecule has 0 unspecified atom stereocenters. The second-order valence-corrected chi connectivity index (χ2v) is 6.44. The predicted molar refractivity (Wildman–Crippen MR) is 90.5 cm³/mol. The van der Waals surface area contributed by atoms with Crippen LogP contribution in [0.15, 0.2) is 36.4 Å². The quantitative estimate of drug-likeness (QED) is 0.559. The van der Waals surface area contributed by atoms with Crippen LogP contribution in [-0.2, 0) is 9.53 Å². The summed E-state index contributed by atoms with van der Waals surface area (Å²) >= 11 is 0. The Hall–Kier alpha value is -2.72. The van der Waals surface area contributed by atoms with Crippen LogP contribution < -0.4 is 5.32 Å². The van der Waals surface area contributed by atoms with Gasteiger partial charge < -0.3 is 15.0 Å². The summed E-state index contributed by atoms with van der Waals surface area (Å²) in [5.41, 5.74) is 0.840. The Bertz CT molecular complexity index is 713. The van der Waals surface area contributed by atoms with E-state index in [1.807, 2.05) is 30.3 Å². The zero-order chi connectivity index (χ0) is 21.7. The van der Waals surface area contributed by atoms with Crippen LogP contribution in [0.3, 0.4) is 0 Å². The number of carbonyl (C=O) groups excluding carboxylic acids is 2. The molecule has 1 aromatic rings. The summed E-state index contributed by atoms with van der Waals surface area (Å²) in [5, 5.41) is 2.61. The number of nitrogens with zero attached hydrogens (tertiary/aromatic N) is 1. The maximum atomic E-state index is 12.4. The highest BCUT2D eigenvalue weighted by Gasteiger charge is 2.60. The van der Waals surface area contributed by atoms with Crippen molar-refractivity contribution >= 4 is 18.1 Å². The van der Waals surface area contributed by atoms with E-state index in [0.29, 0.717) is 6.42 Å². The van der Waals surface area contributed by atoms with E-state index in [4.69, 9.17) is 0 Å². The fourth-order valence-corrected chi connectivity index (χ4v) is 2.59. The van der Waals surface area contributed by atoms with Crippen LogP contribution in [0, 0.1) is 5.92 Å². The van der Waals surface area contributed by atoms with Gasteiger partial charge in [-0.25, -0.2) is 4.79 Å². The molecule has 5 nitrogen and oxygen atoms in total. The normalized spacial score (nSPS) is 15.5. The number of ether oxygens (including phenoxy) is 1. The summed E-state index contributed by atoms with van der Waals surface area (Å²) in [6.07, 6.45) is -13.9. The van der Waals surface area contributed by atoms with Gasteiger partial charge >= 0.3 is 18.4 Å². The first-order valence-electron chi connectivity index (χ1n) is 8.57. The number of halogens is 6. The van der Waals surface area contributed by atoms with Gasteiger partial charge in [-0.05, 0) is 24.0 Å². The molecular formula is C18H18F6N2O3. The van der Waals surface area contributed by atoms with Crippen LogP contribution >= 0.6 is 0 Å². The molecule has 160 valence electrons. The number of benzene rings is 1. The minimum Gasteiger partial charge on any atom is -0.426 e. The van der Waals surface area contributed by atoms with Gasteiger partial charge in [-0.1, -0.05) is 30.3 Å². The molecule has 0 radical (unpaired) electrons. The van der Waals surface area contributed by atoms with Gasteiger partial charge in [0.25, 0.3) is 6.10 Å². The molecule has 29 heavy (non-hydrogen) atoms. The van der Waals surface area contributed by atoms with Gasteiger partial charge in [-0.3, -0.25) is 4.79 Å². The summed E-state index contributed by atoms with van der Waals surface area (Å²) in [6, 6.07) is 9.09. The van der Waals surface area contributed by atoms with E-state index in [0.717, 1.165) is 10.5 Å². The van der Waals surface area contributed by atoms with E-state index >= 15 is 0 Å². The lowest BCUT2D eigenvalue weighted by molar-refractivity contribution is -0.309. The first kappa shape index (κ1) is 22.6. The lowest BCUT2D eigenvalue weighted by Gasteiger charge is -2.39. The van der Waals surface area contributed by atoms with Gasteiger partial charge in [0.2, 0.25) is 5.91 Å². The molecule has 1 aliphatic heterocycles. The van der Waals surface area contributed by atoms with Crippen LogP contribution in [0.2, 0.25) is 0 Å². The molecule has 0 bridgehead atoms. The standard InChI is InChI=1S/C18H18F6N2O3/c19-17(20,21)15(18(22,23)24)29-16(28)26-10-13(11-26)8-9-25-14(27)7-6-12-4-2-1-3-5-12/h1-7,13,15H,8-11H2,(H,25,27). The highest BCUT2D eigenvalue weighted by Crippen LogP contribution is 2.36. The minimum atomic E-state index is -5.74. The second-order valence-electron chi connectivity index (χ2n) is 6.44. The molecule has 0 aliphatic carbocycles. The van der Waals surface area contributed by atoms with Crippen molar-refractivity contribution in [3.63, 3.8) is 0 Å². The van der Waals surface area contributed by atoms with E-state index in [-0.39, 0.29) is 31.5 Å². The molecule has 1 aliphatic rings. The average Bonchev–Trinajstić information content (AvgIpc) is 2.58. The number of likely N-dealkylation sites (tertiary alicyclic amines) is 1. The fraction of sp³-hybridized carbons (Fsp3) is 0.444. The fourth-order valence-electron chi connectivity index (χ4n) is 2.59. The van der Waals surface area contributed by atoms with Crippen molar-refractivity contribution < 1.29 is 40.7 Å². The van der Waals surface area contributed by atoms with Crippen molar-refractivity contribution in [2.45, 2.75) is 24.9 Å². The van der Waals surface area contributed by atoms with Crippen LogP contribution in [0.1, 0.15) is 12.0 Å². The molecule has 11 heteroatoms. The van der Waals surface area contributed by atoms with Crippen LogP contribution in [-0.4, -0.2) is 55.0 Å². The van der Waals surface area contributed by atoms with E-state index in [9.17, 15) is 35.9 Å². The van der Waals surface area contributed by atoms with Crippen LogP contribution in [0.5, 0.6) is 0 Å². The number of carbonyl (C=O) groups is 2.